The summed E-state index contributed by atoms with van der Waals surface area (Å²) in [6.07, 6.45) is 9.42. The van der Waals surface area contributed by atoms with E-state index in [1.54, 1.807) is 4.90 Å². The lowest BCUT2D eigenvalue weighted by Crippen LogP contribution is -2.48. The van der Waals surface area contributed by atoms with Gasteiger partial charge in [-0.05, 0) is 44.9 Å². The van der Waals surface area contributed by atoms with Gasteiger partial charge in [0.15, 0.2) is 0 Å². The summed E-state index contributed by atoms with van der Waals surface area (Å²) < 4.78 is 0. The van der Waals surface area contributed by atoms with Gasteiger partial charge in [0.05, 0.1) is 0 Å². The van der Waals surface area contributed by atoms with E-state index >= 15 is 0 Å². The summed E-state index contributed by atoms with van der Waals surface area (Å²) in [6, 6.07) is -0.601. The molecule has 1 amide bonds. The van der Waals surface area contributed by atoms with Crippen LogP contribution in [0.2, 0.25) is 0 Å². The van der Waals surface area contributed by atoms with Gasteiger partial charge in [0, 0.05) is 13.0 Å². The highest BCUT2D eigenvalue weighted by Crippen LogP contribution is 2.24. The second-order valence-corrected chi connectivity index (χ2v) is 5.22. The van der Waals surface area contributed by atoms with Crippen molar-refractivity contribution in [1.82, 2.24) is 4.90 Å². The van der Waals surface area contributed by atoms with Crippen LogP contribution in [0.3, 0.4) is 0 Å². The normalized spacial score (nSPS) is 24.6. The second-order valence-electron chi connectivity index (χ2n) is 5.22. The third-order valence-electron chi connectivity index (χ3n) is 3.87. The fourth-order valence-corrected chi connectivity index (χ4v) is 2.85. The van der Waals surface area contributed by atoms with E-state index in [4.69, 9.17) is 5.11 Å². The van der Waals surface area contributed by atoms with Crippen LogP contribution in [0, 0.1) is 0 Å². The Morgan fingerprint density at radius 2 is 2.11 bits per heavy atom. The smallest absolute Gasteiger partial charge is 0.326 e. The Kier molecular flexibility index (Phi) is 4.39. The molecule has 1 fully saturated rings. The van der Waals surface area contributed by atoms with Crippen LogP contribution in [0.15, 0.2) is 11.6 Å². The highest BCUT2D eigenvalue weighted by molar-refractivity contribution is 5.85. The Morgan fingerprint density at radius 3 is 2.78 bits per heavy atom. The van der Waals surface area contributed by atoms with Crippen molar-refractivity contribution >= 4 is 11.9 Å². The molecule has 1 aliphatic heterocycles. The zero-order valence-electron chi connectivity index (χ0n) is 10.7. The molecule has 0 aromatic rings. The first kappa shape index (κ1) is 13.1. The summed E-state index contributed by atoms with van der Waals surface area (Å²) in [7, 11) is 0. The fraction of sp³-hybridized carbons (Fsp3) is 0.714. The number of likely N-dealkylation sites (tertiary alicyclic amines) is 1. The zero-order chi connectivity index (χ0) is 13.0. The van der Waals surface area contributed by atoms with Crippen molar-refractivity contribution in [3.05, 3.63) is 11.6 Å². The predicted octanol–water partition coefficient (Wildman–Crippen LogP) is 2.34. The maximum Gasteiger partial charge on any atom is 0.326 e. The van der Waals surface area contributed by atoms with Crippen LogP contribution >= 0.6 is 0 Å². The lowest BCUT2D eigenvalue weighted by Gasteiger charge is -2.33. The third kappa shape index (κ3) is 3.12. The molecular weight excluding hydrogens is 230 g/mol. The van der Waals surface area contributed by atoms with Gasteiger partial charge in [-0.3, -0.25) is 4.79 Å². The van der Waals surface area contributed by atoms with E-state index in [2.05, 4.69) is 6.08 Å². The highest BCUT2D eigenvalue weighted by Gasteiger charge is 2.31. The maximum absolute atomic E-state index is 12.2. The molecule has 2 rings (SSSR count). The van der Waals surface area contributed by atoms with Crippen molar-refractivity contribution < 1.29 is 14.7 Å². The van der Waals surface area contributed by atoms with Crippen LogP contribution in [-0.4, -0.2) is 34.5 Å². The number of amides is 1. The van der Waals surface area contributed by atoms with Crippen LogP contribution in [0.4, 0.5) is 0 Å². The van der Waals surface area contributed by atoms with Crippen LogP contribution in [0.1, 0.15) is 51.4 Å². The summed E-state index contributed by atoms with van der Waals surface area (Å²) in [5, 5.41) is 9.15. The average Bonchev–Trinajstić information content (AvgIpc) is 2.40. The molecule has 1 saturated heterocycles. The lowest BCUT2D eigenvalue weighted by atomic mass is 9.95. The van der Waals surface area contributed by atoms with E-state index in [1.165, 1.54) is 12.0 Å². The van der Waals surface area contributed by atoms with Crippen molar-refractivity contribution in [2.24, 2.45) is 0 Å². The molecule has 4 nitrogen and oxygen atoms in total. The van der Waals surface area contributed by atoms with Gasteiger partial charge in [0.1, 0.15) is 6.04 Å². The Balaban J connectivity index is 1.97. The van der Waals surface area contributed by atoms with E-state index in [-0.39, 0.29) is 5.91 Å². The molecule has 1 heterocycles. The largest absolute Gasteiger partial charge is 0.480 e. The molecule has 0 unspecified atom stereocenters. The quantitative estimate of drug-likeness (QED) is 0.783. The molecule has 2 aliphatic rings. The maximum atomic E-state index is 12.2. The molecule has 0 bridgehead atoms. The highest BCUT2D eigenvalue weighted by atomic mass is 16.4. The summed E-state index contributed by atoms with van der Waals surface area (Å²) >= 11 is 0. The number of hydrogen-bond donors (Lipinski definition) is 1. The molecule has 0 radical (unpaired) electrons. The summed E-state index contributed by atoms with van der Waals surface area (Å²) in [5.41, 5.74) is 1.20. The first-order valence-corrected chi connectivity index (χ1v) is 6.88. The van der Waals surface area contributed by atoms with Gasteiger partial charge >= 0.3 is 5.97 Å². The first-order chi connectivity index (χ1) is 8.68. The van der Waals surface area contributed by atoms with Gasteiger partial charge < -0.3 is 10.0 Å². The van der Waals surface area contributed by atoms with E-state index in [0.29, 0.717) is 19.4 Å². The van der Waals surface area contributed by atoms with Crippen molar-refractivity contribution in [2.45, 2.75) is 57.4 Å². The molecule has 0 aromatic carbocycles. The number of piperidine rings is 1. The number of carboxylic acids is 1. The van der Waals surface area contributed by atoms with Gasteiger partial charge in [0.2, 0.25) is 5.91 Å². The molecule has 4 heteroatoms. The van der Waals surface area contributed by atoms with E-state index in [9.17, 15) is 9.59 Å². The summed E-state index contributed by atoms with van der Waals surface area (Å²) in [4.78, 5) is 24.9. The van der Waals surface area contributed by atoms with E-state index in [0.717, 1.165) is 32.1 Å². The number of nitrogens with zero attached hydrogens (tertiary/aromatic N) is 1. The fourth-order valence-electron chi connectivity index (χ4n) is 2.85. The molecule has 0 aromatic heterocycles. The van der Waals surface area contributed by atoms with Crippen molar-refractivity contribution in [3.63, 3.8) is 0 Å². The second kappa shape index (κ2) is 6.03. The number of aliphatic carboxylic acids is 1. The number of carbonyl (C=O) groups excluding carboxylic acids is 1. The van der Waals surface area contributed by atoms with Crippen LogP contribution in [-0.2, 0) is 9.59 Å². The number of hydrogen-bond acceptors (Lipinski definition) is 2. The standard InChI is InChI=1S/C14H21NO3/c16-13(10-11-6-2-1-3-7-11)15-9-5-4-8-12(15)14(17)18/h6,12H,1-5,7-10H2,(H,17,18)/t12-/m1/s1. The number of rotatable bonds is 3. The zero-order valence-corrected chi connectivity index (χ0v) is 10.7. The van der Waals surface area contributed by atoms with Gasteiger partial charge in [-0.2, -0.15) is 0 Å². The Bertz CT molecular complexity index is 362. The molecule has 1 aliphatic carbocycles. The minimum Gasteiger partial charge on any atom is -0.480 e. The number of allylic oxidation sites excluding steroid dienone is 1. The average molecular weight is 251 g/mol. The molecule has 0 spiro atoms. The van der Waals surface area contributed by atoms with Crippen LogP contribution < -0.4 is 0 Å². The number of carbonyl (C=O) groups is 2. The van der Waals surface area contributed by atoms with Gasteiger partial charge in [-0.25, -0.2) is 4.79 Å². The van der Waals surface area contributed by atoms with Crippen LogP contribution in [0.25, 0.3) is 0 Å². The predicted molar refractivity (Wildman–Crippen MR) is 68.2 cm³/mol. The van der Waals surface area contributed by atoms with Crippen molar-refractivity contribution in [3.8, 4) is 0 Å². The SMILES string of the molecule is O=C(O)[C@H]1CCCCN1C(=O)CC1=CCCCC1. The van der Waals surface area contributed by atoms with Gasteiger partial charge in [0.25, 0.3) is 0 Å². The van der Waals surface area contributed by atoms with Crippen molar-refractivity contribution in [2.75, 3.05) is 6.54 Å². The van der Waals surface area contributed by atoms with Crippen LogP contribution in [0.5, 0.6) is 0 Å². The first-order valence-electron chi connectivity index (χ1n) is 6.88. The molecule has 100 valence electrons. The monoisotopic (exact) mass is 251 g/mol. The summed E-state index contributed by atoms with van der Waals surface area (Å²) in [5.74, 6) is -0.865. The molecule has 18 heavy (non-hydrogen) atoms. The molecular formula is C14H21NO3. The molecule has 1 N–H and O–H groups in total. The molecule has 1 atom stereocenters. The minimum absolute atomic E-state index is 0.00440. The third-order valence-corrected chi connectivity index (χ3v) is 3.87. The van der Waals surface area contributed by atoms with Gasteiger partial charge in [-0.15, -0.1) is 0 Å². The van der Waals surface area contributed by atoms with E-state index < -0.39 is 12.0 Å². The summed E-state index contributed by atoms with van der Waals surface area (Å²) in [6.45, 7) is 0.600. The minimum atomic E-state index is -0.860. The Morgan fingerprint density at radius 1 is 1.28 bits per heavy atom. The lowest BCUT2D eigenvalue weighted by molar-refractivity contribution is -0.151. The van der Waals surface area contributed by atoms with Gasteiger partial charge in [-0.1, -0.05) is 11.6 Å². The number of carboxylic acid groups (broad SMARTS) is 1. The Hall–Kier alpha value is -1.32. The topological polar surface area (TPSA) is 57.6 Å². The van der Waals surface area contributed by atoms with Crippen molar-refractivity contribution in [1.29, 1.82) is 0 Å². The van der Waals surface area contributed by atoms with E-state index in [1.807, 2.05) is 0 Å². The molecule has 0 saturated carbocycles. The Labute approximate surface area is 108 Å².